The normalized spacial score (nSPS) is 10.7. The van der Waals surface area contributed by atoms with Crippen molar-refractivity contribution in [1.82, 2.24) is 0 Å². The van der Waals surface area contributed by atoms with Crippen molar-refractivity contribution in [2.24, 2.45) is 0 Å². The maximum absolute atomic E-state index is 11.5. The van der Waals surface area contributed by atoms with Crippen molar-refractivity contribution in [2.75, 3.05) is 0 Å². The zero-order valence-electron chi connectivity index (χ0n) is 10.3. The summed E-state index contributed by atoms with van der Waals surface area (Å²) in [6.07, 6.45) is 3.56. The third kappa shape index (κ3) is 3.35. The van der Waals surface area contributed by atoms with Crippen LogP contribution in [0.2, 0.25) is 0 Å². The zero-order valence-corrected chi connectivity index (χ0v) is 11.9. The van der Waals surface area contributed by atoms with Gasteiger partial charge in [0.25, 0.3) is 10.5 Å². The highest BCUT2D eigenvalue weighted by atomic mass is 35.5. The lowest BCUT2D eigenvalue weighted by Crippen LogP contribution is -2.03. The Labute approximate surface area is 126 Å². The van der Waals surface area contributed by atoms with E-state index in [-0.39, 0.29) is 11.1 Å². The van der Waals surface area contributed by atoms with Gasteiger partial charge in [0.1, 0.15) is 0 Å². The first-order valence-corrected chi connectivity index (χ1v) is 6.61. The molecule has 0 radical (unpaired) electrons. The molecule has 2 rings (SSSR count). The van der Waals surface area contributed by atoms with Crippen LogP contribution in [0.15, 0.2) is 48.5 Å². The van der Waals surface area contributed by atoms with Gasteiger partial charge in [0.2, 0.25) is 0 Å². The van der Waals surface area contributed by atoms with E-state index in [9.17, 15) is 9.59 Å². The van der Waals surface area contributed by atoms with Crippen molar-refractivity contribution in [3.8, 4) is 0 Å². The first kappa shape index (κ1) is 14.5. The first-order valence-electron chi connectivity index (χ1n) is 5.85. The molecule has 4 heteroatoms. The fraction of sp³-hybridized carbons (Fsp3) is 0. The summed E-state index contributed by atoms with van der Waals surface area (Å²) in [6.45, 7) is 0. The average molecular weight is 305 g/mol. The van der Waals surface area contributed by atoms with Gasteiger partial charge in [-0.3, -0.25) is 9.59 Å². The van der Waals surface area contributed by atoms with Crippen LogP contribution >= 0.6 is 23.2 Å². The second-order valence-electron chi connectivity index (χ2n) is 4.06. The fourth-order valence-electron chi connectivity index (χ4n) is 1.84. The van der Waals surface area contributed by atoms with Crippen molar-refractivity contribution in [2.45, 2.75) is 0 Å². The molecule has 20 heavy (non-hydrogen) atoms. The van der Waals surface area contributed by atoms with Crippen LogP contribution in [0.4, 0.5) is 0 Å². The Morgan fingerprint density at radius 3 is 2.10 bits per heavy atom. The Morgan fingerprint density at radius 1 is 0.800 bits per heavy atom. The second kappa shape index (κ2) is 6.51. The summed E-state index contributed by atoms with van der Waals surface area (Å²) in [5.74, 6) is 0. The molecule has 100 valence electrons. The van der Waals surface area contributed by atoms with Crippen molar-refractivity contribution < 1.29 is 9.59 Å². The van der Waals surface area contributed by atoms with Gasteiger partial charge in [-0.2, -0.15) is 0 Å². The first-order chi connectivity index (χ1) is 9.59. The standard InChI is InChI=1S/C16H10Cl2O2/c17-15(19)13-8-4-7-12(14(13)16(18)20)10-9-11-5-2-1-3-6-11/h1-10H/b10-9+. The summed E-state index contributed by atoms with van der Waals surface area (Å²) in [5.41, 5.74) is 1.77. The van der Waals surface area contributed by atoms with Gasteiger partial charge in [0.05, 0.1) is 5.56 Å². The molecule has 2 nitrogen and oxygen atoms in total. The molecule has 0 spiro atoms. The number of carbonyl (C=O) groups is 2. The molecule has 0 bridgehead atoms. The van der Waals surface area contributed by atoms with E-state index in [4.69, 9.17) is 23.2 Å². The second-order valence-corrected chi connectivity index (χ2v) is 4.75. The summed E-state index contributed by atoms with van der Waals surface area (Å²) < 4.78 is 0. The van der Waals surface area contributed by atoms with E-state index in [2.05, 4.69) is 0 Å². The summed E-state index contributed by atoms with van der Waals surface area (Å²) in [6, 6.07) is 14.4. The van der Waals surface area contributed by atoms with E-state index in [1.165, 1.54) is 6.07 Å². The minimum atomic E-state index is -0.706. The molecule has 0 unspecified atom stereocenters. The molecule has 0 aliphatic rings. The van der Waals surface area contributed by atoms with Gasteiger partial charge in [-0.25, -0.2) is 0 Å². The van der Waals surface area contributed by atoms with Crippen LogP contribution in [0.25, 0.3) is 12.2 Å². The third-order valence-corrected chi connectivity index (χ3v) is 3.15. The molecule has 0 atom stereocenters. The number of benzene rings is 2. The molecular weight excluding hydrogens is 295 g/mol. The minimum absolute atomic E-state index is 0.113. The fourth-order valence-corrected chi connectivity index (χ4v) is 2.21. The molecule has 2 aromatic carbocycles. The zero-order chi connectivity index (χ0) is 14.5. The van der Waals surface area contributed by atoms with E-state index in [0.29, 0.717) is 5.56 Å². The maximum Gasteiger partial charge on any atom is 0.253 e. The largest absolute Gasteiger partial charge is 0.276 e. The molecule has 0 saturated carbocycles. The van der Waals surface area contributed by atoms with Crippen molar-refractivity contribution in [3.63, 3.8) is 0 Å². The molecule has 2 aromatic rings. The molecule has 0 amide bonds. The number of hydrogen-bond acceptors (Lipinski definition) is 2. The average Bonchev–Trinajstić information content (AvgIpc) is 2.45. The van der Waals surface area contributed by atoms with E-state index in [1.54, 1.807) is 18.2 Å². The van der Waals surface area contributed by atoms with Crippen molar-refractivity contribution >= 4 is 45.8 Å². The maximum atomic E-state index is 11.5. The highest BCUT2D eigenvalue weighted by Gasteiger charge is 2.16. The molecule has 0 heterocycles. The van der Waals surface area contributed by atoms with E-state index in [1.807, 2.05) is 36.4 Å². The van der Waals surface area contributed by atoms with Crippen LogP contribution in [0.1, 0.15) is 31.8 Å². The monoisotopic (exact) mass is 304 g/mol. The van der Waals surface area contributed by atoms with Gasteiger partial charge in [-0.1, -0.05) is 54.6 Å². The third-order valence-electron chi connectivity index (χ3n) is 2.76. The summed E-state index contributed by atoms with van der Waals surface area (Å²) in [4.78, 5) is 22.9. The molecule has 0 N–H and O–H groups in total. The Kier molecular flexibility index (Phi) is 4.72. The van der Waals surface area contributed by atoms with E-state index >= 15 is 0 Å². The van der Waals surface area contributed by atoms with Crippen LogP contribution in [-0.4, -0.2) is 10.5 Å². The summed E-state index contributed by atoms with van der Waals surface area (Å²) in [7, 11) is 0. The predicted molar refractivity (Wildman–Crippen MR) is 82.2 cm³/mol. The minimum Gasteiger partial charge on any atom is -0.276 e. The van der Waals surface area contributed by atoms with Gasteiger partial charge in [-0.15, -0.1) is 0 Å². The Balaban J connectivity index is 2.47. The van der Waals surface area contributed by atoms with Gasteiger partial charge in [-0.05, 0) is 40.4 Å². The Bertz CT molecular complexity index is 676. The SMILES string of the molecule is O=C(Cl)c1cccc(/C=C/c2ccccc2)c1C(=O)Cl. The van der Waals surface area contributed by atoms with Crippen molar-refractivity contribution in [3.05, 3.63) is 70.8 Å². The lowest BCUT2D eigenvalue weighted by molar-refractivity contribution is 0.105. The van der Waals surface area contributed by atoms with Gasteiger partial charge in [0.15, 0.2) is 0 Å². The number of rotatable bonds is 4. The molecule has 0 aliphatic heterocycles. The highest BCUT2D eigenvalue weighted by Crippen LogP contribution is 2.21. The van der Waals surface area contributed by atoms with E-state index < -0.39 is 10.5 Å². The topological polar surface area (TPSA) is 34.1 Å². The van der Waals surface area contributed by atoms with Crippen LogP contribution in [0.3, 0.4) is 0 Å². The molecule has 0 aliphatic carbocycles. The quantitative estimate of drug-likeness (QED) is 0.610. The Morgan fingerprint density at radius 2 is 1.50 bits per heavy atom. The summed E-state index contributed by atoms with van der Waals surface area (Å²) >= 11 is 11.0. The number of hydrogen-bond donors (Lipinski definition) is 0. The smallest absolute Gasteiger partial charge is 0.253 e. The predicted octanol–water partition coefficient (Wildman–Crippen LogP) is 4.62. The highest BCUT2D eigenvalue weighted by molar-refractivity contribution is 6.72. The van der Waals surface area contributed by atoms with Crippen LogP contribution < -0.4 is 0 Å². The lowest BCUT2D eigenvalue weighted by Gasteiger charge is -2.05. The van der Waals surface area contributed by atoms with Crippen LogP contribution in [0, 0.1) is 0 Å². The summed E-state index contributed by atoms with van der Waals surface area (Å²) in [5, 5.41) is -1.41. The Hall–Kier alpha value is -1.90. The number of halogens is 2. The van der Waals surface area contributed by atoms with Crippen LogP contribution in [0.5, 0.6) is 0 Å². The lowest BCUT2D eigenvalue weighted by atomic mass is 10.0. The molecule has 0 aromatic heterocycles. The van der Waals surface area contributed by atoms with Crippen molar-refractivity contribution in [1.29, 1.82) is 0 Å². The van der Waals surface area contributed by atoms with Gasteiger partial charge in [0, 0.05) is 5.56 Å². The number of carbonyl (C=O) groups excluding carboxylic acids is 2. The molecule has 0 saturated heterocycles. The van der Waals surface area contributed by atoms with E-state index in [0.717, 1.165) is 5.56 Å². The van der Waals surface area contributed by atoms with Crippen LogP contribution in [-0.2, 0) is 0 Å². The molecule has 0 fully saturated rings. The van der Waals surface area contributed by atoms with Gasteiger partial charge < -0.3 is 0 Å². The van der Waals surface area contributed by atoms with Gasteiger partial charge >= 0.3 is 0 Å². The molecular formula is C16H10Cl2O2.